The molecule has 23 heavy (non-hydrogen) atoms. The Labute approximate surface area is 143 Å². The summed E-state index contributed by atoms with van der Waals surface area (Å²) in [4.78, 5) is 26.0. The molecule has 5 N–H and O–H groups in total. The van der Waals surface area contributed by atoms with Crippen molar-refractivity contribution in [1.82, 2.24) is 14.9 Å². The van der Waals surface area contributed by atoms with Gasteiger partial charge in [-0.05, 0) is 0 Å². The van der Waals surface area contributed by atoms with Crippen molar-refractivity contribution in [2.45, 2.75) is 30.6 Å². The minimum absolute atomic E-state index is 0.110. The highest BCUT2D eigenvalue weighted by Crippen LogP contribution is 2.28. The van der Waals surface area contributed by atoms with E-state index in [0.717, 1.165) is 4.57 Å². The van der Waals surface area contributed by atoms with Crippen molar-refractivity contribution in [1.29, 1.82) is 5.26 Å². The lowest BCUT2D eigenvalue weighted by atomic mass is 10.1. The number of ether oxygens (including phenoxy) is 1. The highest BCUT2D eigenvalue weighted by Gasteiger charge is 2.44. The lowest BCUT2D eigenvalue weighted by Crippen LogP contribution is -2.40. The molecule has 2 rings (SSSR count). The largest absolute Gasteiger partial charge is 0.394 e. The summed E-state index contributed by atoms with van der Waals surface area (Å²) in [5, 5.41) is 40.0. The molecule has 2 unspecified atom stereocenters. The summed E-state index contributed by atoms with van der Waals surface area (Å²) in [6.45, 7) is -0.536. The van der Waals surface area contributed by atoms with E-state index in [1.165, 1.54) is 6.20 Å². The van der Waals surface area contributed by atoms with Crippen LogP contribution < -0.4 is 16.6 Å². The summed E-state index contributed by atoms with van der Waals surface area (Å²) in [6, 6.07) is -0.631. The molecule has 1 aliphatic heterocycles. The van der Waals surface area contributed by atoms with Gasteiger partial charge in [0.2, 0.25) is 0 Å². The molecule has 2 heterocycles. The average Bonchev–Trinajstić information content (AvgIpc) is 2.81. The van der Waals surface area contributed by atoms with Gasteiger partial charge in [-0.3, -0.25) is 14.3 Å². The van der Waals surface area contributed by atoms with Gasteiger partial charge in [-0.25, -0.2) is 4.79 Å². The number of hydrogen-bond acceptors (Lipinski definition) is 8. The minimum atomic E-state index is -1.45. The number of nitrogens with one attached hydrogen (secondary N) is 2. The minimum Gasteiger partial charge on any atom is -0.394 e. The van der Waals surface area contributed by atoms with Crippen LogP contribution in [0.15, 0.2) is 15.8 Å². The third kappa shape index (κ3) is 3.40. The normalized spacial score (nSPS) is 28.3. The molecule has 1 aromatic rings. The lowest BCUT2D eigenvalue weighted by Gasteiger charge is -2.19. The number of hydrogen-bond donors (Lipinski definition) is 5. The van der Waals surface area contributed by atoms with E-state index in [-0.39, 0.29) is 5.56 Å². The van der Waals surface area contributed by atoms with Gasteiger partial charge in [0, 0.05) is 10.6 Å². The fraction of sp³-hybridized carbons (Fsp3) is 0.583. The predicted molar refractivity (Wildman–Crippen MR) is 84.7 cm³/mol. The smallest absolute Gasteiger partial charge is 0.330 e. The molecule has 1 aliphatic rings. The van der Waals surface area contributed by atoms with Crippen molar-refractivity contribution < 1.29 is 20.1 Å². The molecular weight excluding hydrogens is 423 g/mol. The summed E-state index contributed by atoms with van der Waals surface area (Å²) in [5.74, 6) is 0. The van der Waals surface area contributed by atoms with E-state index in [4.69, 9.17) is 15.1 Å². The average molecular weight is 438 g/mol. The highest BCUT2D eigenvalue weighted by molar-refractivity contribution is 14.1. The van der Waals surface area contributed by atoms with Crippen molar-refractivity contribution in [3.63, 3.8) is 0 Å². The van der Waals surface area contributed by atoms with Gasteiger partial charge in [-0.15, -0.1) is 0 Å². The van der Waals surface area contributed by atoms with Gasteiger partial charge >= 0.3 is 5.69 Å². The van der Waals surface area contributed by atoms with E-state index < -0.39 is 48.4 Å². The van der Waals surface area contributed by atoms with E-state index >= 15 is 0 Å². The Morgan fingerprint density at radius 2 is 2.17 bits per heavy atom. The number of aliphatic hydroxyl groups excluding tert-OH is 3. The summed E-state index contributed by atoms with van der Waals surface area (Å²) in [5.41, 5.74) is -1.39. The molecule has 0 bridgehead atoms. The first-order valence-electron chi connectivity index (χ1n) is 6.63. The Kier molecular flexibility index (Phi) is 5.76. The lowest BCUT2D eigenvalue weighted by molar-refractivity contribution is -0.0551. The van der Waals surface area contributed by atoms with Gasteiger partial charge in [0.05, 0.1) is 18.2 Å². The van der Waals surface area contributed by atoms with Gasteiger partial charge in [-0.2, -0.15) is 5.26 Å². The SMILES string of the molecule is N#CNC(CI)c1cn(C2O[C@H](CO)[C@@H](O)[C@@H]2O)c(=O)[nH]c1=O. The first-order chi connectivity index (χ1) is 10.9. The molecule has 10 nitrogen and oxygen atoms in total. The number of nitrogens with zero attached hydrogens (tertiary/aromatic N) is 2. The van der Waals surface area contributed by atoms with Gasteiger partial charge in [0.25, 0.3) is 5.56 Å². The third-order valence-electron chi connectivity index (χ3n) is 3.56. The standard InChI is InChI=1S/C12H15IN4O6/c13-1-6(15-4-14)5-2-17(12(22)16-10(5)21)11-9(20)8(19)7(3-18)23-11/h2,6-9,11,15,18-20H,1,3H2,(H,16,21,22)/t6?,7-,8-,9+,11?/m1/s1. The summed E-state index contributed by atoms with van der Waals surface area (Å²) in [7, 11) is 0. The van der Waals surface area contributed by atoms with E-state index in [1.54, 1.807) is 6.19 Å². The molecule has 0 saturated carbocycles. The molecule has 11 heteroatoms. The zero-order chi connectivity index (χ0) is 17.1. The number of aliphatic hydroxyl groups is 3. The Morgan fingerprint density at radius 1 is 1.48 bits per heavy atom. The van der Waals surface area contributed by atoms with Crippen LogP contribution in [-0.4, -0.2) is 54.2 Å². The summed E-state index contributed by atoms with van der Waals surface area (Å²) < 4.78 is 6.58. The van der Waals surface area contributed by atoms with Crippen LogP contribution in [0.3, 0.4) is 0 Å². The molecule has 126 valence electrons. The van der Waals surface area contributed by atoms with Crippen LogP contribution in [0.25, 0.3) is 0 Å². The second-order valence-corrected chi connectivity index (χ2v) is 5.82. The molecule has 0 spiro atoms. The Hall–Kier alpha value is -1.46. The fourth-order valence-corrected chi connectivity index (χ4v) is 3.02. The maximum absolute atomic E-state index is 12.0. The first kappa shape index (κ1) is 17.9. The Bertz CT molecular complexity index is 713. The van der Waals surface area contributed by atoms with Crippen LogP contribution in [0.5, 0.6) is 0 Å². The maximum Gasteiger partial charge on any atom is 0.330 e. The number of halogens is 1. The number of rotatable bonds is 5. The Morgan fingerprint density at radius 3 is 2.70 bits per heavy atom. The van der Waals surface area contributed by atoms with Crippen molar-refractivity contribution in [3.05, 3.63) is 32.6 Å². The molecule has 0 amide bonds. The molecule has 5 atom stereocenters. The highest BCUT2D eigenvalue weighted by atomic mass is 127. The number of H-pyrrole nitrogens is 1. The topological polar surface area (TPSA) is 161 Å². The molecule has 1 aromatic heterocycles. The maximum atomic E-state index is 12.0. The Balaban J connectivity index is 2.46. The van der Waals surface area contributed by atoms with Gasteiger partial charge < -0.3 is 25.4 Å². The van der Waals surface area contributed by atoms with Crippen LogP contribution in [-0.2, 0) is 4.74 Å². The monoisotopic (exact) mass is 438 g/mol. The van der Waals surface area contributed by atoms with E-state index in [2.05, 4.69) is 10.3 Å². The van der Waals surface area contributed by atoms with Crippen LogP contribution in [0, 0.1) is 11.5 Å². The second kappa shape index (κ2) is 7.41. The van der Waals surface area contributed by atoms with Crippen molar-refractivity contribution in [3.8, 4) is 6.19 Å². The van der Waals surface area contributed by atoms with Crippen molar-refractivity contribution in [2.75, 3.05) is 11.0 Å². The number of alkyl halides is 1. The van der Waals surface area contributed by atoms with Crippen LogP contribution in [0.2, 0.25) is 0 Å². The molecule has 0 aliphatic carbocycles. The number of aromatic nitrogens is 2. The quantitative estimate of drug-likeness (QED) is 0.148. The van der Waals surface area contributed by atoms with Gasteiger partial charge in [0.15, 0.2) is 12.4 Å². The van der Waals surface area contributed by atoms with E-state index in [1.807, 2.05) is 22.6 Å². The second-order valence-electron chi connectivity index (χ2n) is 4.94. The van der Waals surface area contributed by atoms with Crippen molar-refractivity contribution >= 4 is 22.6 Å². The fourth-order valence-electron chi connectivity index (χ4n) is 2.33. The van der Waals surface area contributed by atoms with Crippen molar-refractivity contribution in [2.24, 2.45) is 0 Å². The van der Waals surface area contributed by atoms with E-state index in [9.17, 15) is 19.8 Å². The van der Waals surface area contributed by atoms with E-state index in [0.29, 0.717) is 4.43 Å². The number of aromatic amines is 1. The van der Waals surface area contributed by atoms with Crippen LogP contribution in [0.4, 0.5) is 0 Å². The molecular formula is C12H15IN4O6. The summed E-state index contributed by atoms with van der Waals surface area (Å²) >= 11 is 1.97. The van der Waals surface area contributed by atoms with Gasteiger partial charge in [-0.1, -0.05) is 22.6 Å². The third-order valence-corrected chi connectivity index (χ3v) is 4.44. The molecule has 1 fully saturated rings. The number of nitriles is 1. The zero-order valence-electron chi connectivity index (χ0n) is 11.7. The zero-order valence-corrected chi connectivity index (χ0v) is 13.9. The molecule has 1 saturated heterocycles. The first-order valence-corrected chi connectivity index (χ1v) is 8.15. The molecule has 0 aromatic carbocycles. The predicted octanol–water partition coefficient (Wildman–Crippen LogP) is -2.31. The van der Waals surface area contributed by atoms with Gasteiger partial charge in [0.1, 0.15) is 18.3 Å². The summed E-state index contributed by atoms with van der Waals surface area (Å²) in [6.07, 6.45) is -2.22. The van der Waals surface area contributed by atoms with Crippen LogP contribution >= 0.6 is 22.6 Å². The van der Waals surface area contributed by atoms with Crippen LogP contribution in [0.1, 0.15) is 17.8 Å². The molecule has 0 radical (unpaired) electrons.